The van der Waals surface area contributed by atoms with Crippen molar-refractivity contribution in [2.45, 2.75) is 11.4 Å². The molecule has 144 valence electrons. The highest BCUT2D eigenvalue weighted by molar-refractivity contribution is 7.89. The second-order valence-corrected chi connectivity index (χ2v) is 8.01. The summed E-state index contributed by atoms with van der Waals surface area (Å²) in [6, 6.07) is 8.65. The van der Waals surface area contributed by atoms with Gasteiger partial charge in [0.05, 0.1) is 19.1 Å². The molecule has 0 radical (unpaired) electrons. The van der Waals surface area contributed by atoms with Crippen molar-refractivity contribution in [2.75, 3.05) is 32.7 Å². The Kier molecular flexibility index (Phi) is 5.87. The van der Waals surface area contributed by atoms with Gasteiger partial charge in [0.2, 0.25) is 5.91 Å². The average molecular weight is 391 g/mol. The van der Waals surface area contributed by atoms with Gasteiger partial charge in [0.15, 0.2) is 5.03 Å². The Labute approximate surface area is 157 Å². The van der Waals surface area contributed by atoms with E-state index in [1.165, 1.54) is 16.8 Å². The summed E-state index contributed by atoms with van der Waals surface area (Å²) in [5.41, 5.74) is 0.484. The normalized spacial score (nSPS) is 15.9. The van der Waals surface area contributed by atoms with Gasteiger partial charge >= 0.3 is 0 Å². The zero-order valence-electron chi connectivity index (χ0n) is 14.7. The smallest absolute Gasteiger partial charge is 0.260 e. The van der Waals surface area contributed by atoms with Crippen LogP contribution in [0.5, 0.6) is 0 Å². The molecule has 1 fully saturated rings. The van der Waals surface area contributed by atoms with Gasteiger partial charge in [-0.25, -0.2) is 13.4 Å². The fraction of sp³-hybridized carbons (Fsp3) is 0.353. The summed E-state index contributed by atoms with van der Waals surface area (Å²) in [6.07, 6.45) is 3.10. The van der Waals surface area contributed by atoms with Gasteiger partial charge in [-0.15, -0.1) is 0 Å². The van der Waals surface area contributed by atoms with Crippen LogP contribution in [-0.2, 0) is 14.8 Å². The molecular formula is C17H21N5O4S. The molecule has 3 rings (SSSR count). The second kappa shape index (κ2) is 8.31. The summed E-state index contributed by atoms with van der Waals surface area (Å²) in [7, 11) is -3.65. The van der Waals surface area contributed by atoms with Gasteiger partial charge in [-0.3, -0.25) is 9.59 Å². The lowest BCUT2D eigenvalue weighted by atomic mass is 10.2. The maximum Gasteiger partial charge on any atom is 0.260 e. The first-order valence-corrected chi connectivity index (χ1v) is 10.0. The first-order valence-electron chi connectivity index (χ1n) is 8.58. The number of carbonyl (C=O) groups is 2. The molecule has 9 nitrogen and oxygen atoms in total. The standard InChI is InChI=1S/C17H21N5O4S/c23-16(12-19-17(24)14-5-2-1-3-6-14)21-7-4-8-22(10-9-21)27(25,26)15-11-18-13-20-15/h1-3,5-6,11,13H,4,7-10,12H2,(H,18,20)(H,19,24). The van der Waals surface area contributed by atoms with Crippen LogP contribution >= 0.6 is 0 Å². The third-order valence-corrected chi connectivity index (χ3v) is 6.16. The van der Waals surface area contributed by atoms with Gasteiger partial charge < -0.3 is 15.2 Å². The van der Waals surface area contributed by atoms with E-state index in [4.69, 9.17) is 0 Å². The summed E-state index contributed by atoms with van der Waals surface area (Å²) in [6.45, 7) is 1.10. The van der Waals surface area contributed by atoms with Gasteiger partial charge in [0.1, 0.15) is 0 Å². The summed E-state index contributed by atoms with van der Waals surface area (Å²) in [5.74, 6) is -0.553. The Morgan fingerprint density at radius 3 is 2.59 bits per heavy atom. The van der Waals surface area contributed by atoms with E-state index in [1.807, 2.05) is 6.07 Å². The molecule has 0 bridgehead atoms. The number of aromatic nitrogens is 2. The lowest BCUT2D eigenvalue weighted by Gasteiger charge is -2.21. The maximum absolute atomic E-state index is 12.5. The number of hydrogen-bond donors (Lipinski definition) is 2. The van der Waals surface area contributed by atoms with Crippen LogP contribution in [0.4, 0.5) is 0 Å². The molecule has 2 aromatic rings. The van der Waals surface area contributed by atoms with E-state index in [2.05, 4.69) is 15.3 Å². The van der Waals surface area contributed by atoms with Crippen molar-refractivity contribution in [3.8, 4) is 0 Å². The van der Waals surface area contributed by atoms with Crippen LogP contribution < -0.4 is 5.32 Å². The first-order chi connectivity index (χ1) is 13.0. The third-order valence-electron chi connectivity index (χ3n) is 4.33. The van der Waals surface area contributed by atoms with Crippen LogP contribution in [0.15, 0.2) is 47.9 Å². The number of benzene rings is 1. The topological polar surface area (TPSA) is 115 Å². The quantitative estimate of drug-likeness (QED) is 0.748. The molecule has 10 heteroatoms. The minimum Gasteiger partial charge on any atom is -0.343 e. The second-order valence-electron chi connectivity index (χ2n) is 6.10. The predicted molar refractivity (Wildman–Crippen MR) is 97.3 cm³/mol. The van der Waals surface area contributed by atoms with E-state index >= 15 is 0 Å². The summed E-state index contributed by atoms with van der Waals surface area (Å²) in [5, 5.41) is 2.64. The number of carbonyl (C=O) groups excluding carboxylic acids is 2. The fourth-order valence-electron chi connectivity index (χ4n) is 2.87. The van der Waals surface area contributed by atoms with Crippen molar-refractivity contribution in [1.29, 1.82) is 0 Å². The van der Waals surface area contributed by atoms with E-state index in [1.54, 1.807) is 29.2 Å². The van der Waals surface area contributed by atoms with Crippen molar-refractivity contribution in [3.05, 3.63) is 48.4 Å². The van der Waals surface area contributed by atoms with Crippen molar-refractivity contribution >= 4 is 21.8 Å². The molecule has 0 spiro atoms. The monoisotopic (exact) mass is 391 g/mol. The molecule has 1 aromatic carbocycles. The van der Waals surface area contributed by atoms with Crippen molar-refractivity contribution in [2.24, 2.45) is 0 Å². The van der Waals surface area contributed by atoms with Crippen LogP contribution in [0, 0.1) is 0 Å². The Morgan fingerprint density at radius 1 is 1.11 bits per heavy atom. The number of nitrogens with zero attached hydrogens (tertiary/aromatic N) is 3. The molecule has 1 aliphatic rings. The number of rotatable bonds is 5. The molecule has 1 saturated heterocycles. The summed E-state index contributed by atoms with van der Waals surface area (Å²) >= 11 is 0. The number of nitrogens with one attached hydrogen (secondary N) is 2. The van der Waals surface area contributed by atoms with E-state index < -0.39 is 10.0 Å². The lowest BCUT2D eigenvalue weighted by Crippen LogP contribution is -2.42. The van der Waals surface area contributed by atoms with Crippen LogP contribution in [0.1, 0.15) is 16.8 Å². The van der Waals surface area contributed by atoms with Crippen LogP contribution in [-0.4, -0.2) is 72.1 Å². The van der Waals surface area contributed by atoms with Crippen LogP contribution in [0.25, 0.3) is 0 Å². The lowest BCUT2D eigenvalue weighted by molar-refractivity contribution is -0.129. The first kappa shape index (κ1) is 19.1. The Morgan fingerprint density at radius 2 is 1.89 bits per heavy atom. The number of imidazole rings is 1. The molecule has 1 aliphatic heterocycles. The molecule has 2 heterocycles. The summed E-state index contributed by atoms with van der Waals surface area (Å²) in [4.78, 5) is 32.4. The largest absolute Gasteiger partial charge is 0.343 e. The number of aromatic amines is 1. The molecule has 2 N–H and O–H groups in total. The molecule has 0 atom stereocenters. The minimum absolute atomic E-state index is 0.0393. The molecule has 27 heavy (non-hydrogen) atoms. The molecule has 0 saturated carbocycles. The number of amides is 2. The van der Waals surface area contributed by atoms with Gasteiger partial charge in [-0.05, 0) is 18.6 Å². The third kappa shape index (κ3) is 4.52. The van der Waals surface area contributed by atoms with Crippen LogP contribution in [0.3, 0.4) is 0 Å². The van der Waals surface area contributed by atoms with E-state index in [0.717, 1.165) is 0 Å². The van der Waals surface area contributed by atoms with Gasteiger partial charge in [-0.2, -0.15) is 4.31 Å². The van der Waals surface area contributed by atoms with Gasteiger partial charge in [-0.1, -0.05) is 18.2 Å². The number of hydrogen-bond acceptors (Lipinski definition) is 5. The maximum atomic E-state index is 12.5. The molecular weight excluding hydrogens is 370 g/mol. The average Bonchev–Trinajstić information content (AvgIpc) is 3.11. The molecule has 2 amide bonds. The number of sulfonamides is 1. The van der Waals surface area contributed by atoms with E-state index in [9.17, 15) is 18.0 Å². The Hall–Kier alpha value is -2.72. The molecule has 0 aliphatic carbocycles. The van der Waals surface area contributed by atoms with Gasteiger partial charge in [0, 0.05) is 31.7 Å². The van der Waals surface area contributed by atoms with Gasteiger partial charge in [0.25, 0.3) is 15.9 Å². The van der Waals surface area contributed by atoms with Crippen molar-refractivity contribution in [3.63, 3.8) is 0 Å². The van der Waals surface area contributed by atoms with E-state index in [0.29, 0.717) is 25.1 Å². The zero-order valence-corrected chi connectivity index (χ0v) is 15.5. The fourth-order valence-corrected chi connectivity index (χ4v) is 4.23. The molecule has 1 aromatic heterocycles. The minimum atomic E-state index is -3.65. The number of H-pyrrole nitrogens is 1. The SMILES string of the molecule is O=C(NCC(=O)N1CCCN(S(=O)(=O)c2cnc[nH]2)CC1)c1ccccc1. The zero-order chi connectivity index (χ0) is 19.3. The highest BCUT2D eigenvalue weighted by Crippen LogP contribution is 2.15. The van der Waals surface area contributed by atoms with Crippen molar-refractivity contribution < 1.29 is 18.0 Å². The highest BCUT2D eigenvalue weighted by Gasteiger charge is 2.29. The van der Waals surface area contributed by atoms with Crippen molar-refractivity contribution in [1.82, 2.24) is 24.5 Å². The van der Waals surface area contributed by atoms with Crippen LogP contribution in [0.2, 0.25) is 0 Å². The van der Waals surface area contributed by atoms with E-state index in [-0.39, 0.29) is 36.5 Å². The Balaban J connectivity index is 1.55. The summed E-state index contributed by atoms with van der Waals surface area (Å²) < 4.78 is 26.4. The highest BCUT2D eigenvalue weighted by atomic mass is 32.2. The molecule has 0 unspecified atom stereocenters. The Bertz CT molecular complexity index is 883. The predicted octanol–water partition coefficient (Wildman–Crippen LogP) is 0.0627.